The summed E-state index contributed by atoms with van der Waals surface area (Å²) in [5.41, 5.74) is 1.66. The van der Waals surface area contributed by atoms with Crippen molar-refractivity contribution in [2.45, 2.75) is 6.10 Å². The minimum atomic E-state index is -0.857. The smallest absolute Gasteiger partial charge is 0.121 e. The van der Waals surface area contributed by atoms with Crippen LogP contribution in [0.4, 0.5) is 5.69 Å². The van der Waals surface area contributed by atoms with Crippen LogP contribution in [0, 0.1) is 0 Å². The molecular weight excluding hydrogens is 292 g/mol. The van der Waals surface area contributed by atoms with Gasteiger partial charge in [-0.25, -0.2) is 0 Å². The molecule has 122 valence electrons. The fourth-order valence-electron chi connectivity index (χ4n) is 2.71. The molecule has 0 saturated carbocycles. The highest BCUT2D eigenvalue weighted by Gasteiger charge is 2.13. The summed E-state index contributed by atoms with van der Waals surface area (Å²) in [6, 6.07) is 14.6. The third-order valence-corrected chi connectivity index (χ3v) is 4.02. The molecule has 5 nitrogen and oxygen atoms in total. The number of nitrogens with one attached hydrogen (secondary N) is 1. The zero-order valence-electron chi connectivity index (χ0n) is 13.0. The molecule has 23 heavy (non-hydrogen) atoms. The van der Waals surface area contributed by atoms with Gasteiger partial charge in [0.2, 0.25) is 0 Å². The summed E-state index contributed by atoms with van der Waals surface area (Å²) in [5, 5.41) is 23.2. The number of piperazine rings is 1. The third kappa shape index (κ3) is 3.94. The number of aliphatic hydroxyl groups is 1. The van der Waals surface area contributed by atoms with Crippen LogP contribution in [0.15, 0.2) is 48.5 Å². The Hall–Kier alpha value is -2.24. The van der Waals surface area contributed by atoms with Crippen molar-refractivity contribution in [2.75, 3.05) is 37.7 Å². The first-order valence-electron chi connectivity index (χ1n) is 7.88. The number of nitrogens with zero attached hydrogens (tertiary/aromatic N) is 1. The molecule has 1 aliphatic rings. The van der Waals surface area contributed by atoms with Crippen molar-refractivity contribution in [3.63, 3.8) is 0 Å². The Labute approximate surface area is 136 Å². The number of anilines is 1. The molecule has 1 aliphatic heterocycles. The van der Waals surface area contributed by atoms with Crippen molar-refractivity contribution < 1.29 is 14.9 Å². The molecule has 0 amide bonds. The Bertz CT molecular complexity index is 624. The van der Waals surface area contributed by atoms with Gasteiger partial charge in [0.15, 0.2) is 0 Å². The molecule has 0 bridgehead atoms. The predicted octanol–water partition coefficient (Wildman–Crippen LogP) is 1.91. The van der Waals surface area contributed by atoms with Gasteiger partial charge in [0, 0.05) is 37.4 Å². The summed E-state index contributed by atoms with van der Waals surface area (Å²) >= 11 is 0. The number of aliphatic hydroxyl groups excluding tert-OH is 1. The molecule has 3 N–H and O–H groups in total. The Morgan fingerprint density at radius 1 is 1.04 bits per heavy atom. The fraction of sp³-hybridized carbons (Fsp3) is 0.333. The van der Waals surface area contributed by atoms with E-state index in [0.717, 1.165) is 26.2 Å². The average molecular weight is 314 g/mol. The normalized spacial score (nSPS) is 16.1. The molecule has 0 aromatic heterocycles. The molecule has 0 spiro atoms. The lowest BCUT2D eigenvalue weighted by molar-refractivity contribution is 0.106. The van der Waals surface area contributed by atoms with Gasteiger partial charge in [0.25, 0.3) is 0 Å². The van der Waals surface area contributed by atoms with Gasteiger partial charge < -0.3 is 25.2 Å². The maximum absolute atomic E-state index is 10.1. The van der Waals surface area contributed by atoms with Crippen LogP contribution >= 0.6 is 0 Å². The number of phenols is 1. The molecule has 1 heterocycles. The summed E-state index contributed by atoms with van der Waals surface area (Å²) < 4.78 is 5.63. The summed E-state index contributed by atoms with van der Waals surface area (Å²) in [5.74, 6) is 0.788. The first kappa shape index (κ1) is 15.6. The Morgan fingerprint density at radius 3 is 2.43 bits per heavy atom. The average Bonchev–Trinajstić information content (AvgIpc) is 2.61. The van der Waals surface area contributed by atoms with Crippen LogP contribution in [-0.2, 0) is 0 Å². The van der Waals surface area contributed by atoms with Crippen molar-refractivity contribution in [2.24, 2.45) is 0 Å². The highest BCUT2D eigenvalue weighted by atomic mass is 16.5. The van der Waals surface area contributed by atoms with Crippen LogP contribution in [0.1, 0.15) is 11.7 Å². The number of ether oxygens (including phenoxy) is 1. The molecule has 2 aromatic carbocycles. The molecule has 5 heteroatoms. The van der Waals surface area contributed by atoms with Gasteiger partial charge >= 0.3 is 0 Å². The highest BCUT2D eigenvalue weighted by molar-refractivity contribution is 5.49. The standard InChI is InChI=1S/C18H22N2O3/c21-17-4-2-1-3-16(17)18(22)13-23-15-7-5-14(6-8-15)20-11-9-19-10-12-20/h1-8,18-19,21-22H,9-13H2. The largest absolute Gasteiger partial charge is 0.508 e. The second-order valence-corrected chi connectivity index (χ2v) is 5.62. The summed E-state index contributed by atoms with van der Waals surface area (Å²) in [7, 11) is 0. The number of hydrogen-bond acceptors (Lipinski definition) is 5. The lowest BCUT2D eigenvalue weighted by Gasteiger charge is -2.29. The van der Waals surface area contributed by atoms with Gasteiger partial charge in [-0.05, 0) is 30.3 Å². The van der Waals surface area contributed by atoms with E-state index in [2.05, 4.69) is 10.2 Å². The molecule has 1 saturated heterocycles. The first-order valence-corrected chi connectivity index (χ1v) is 7.88. The van der Waals surface area contributed by atoms with Gasteiger partial charge in [-0.15, -0.1) is 0 Å². The van der Waals surface area contributed by atoms with Crippen LogP contribution in [0.3, 0.4) is 0 Å². The molecule has 3 rings (SSSR count). The Balaban J connectivity index is 1.57. The summed E-state index contributed by atoms with van der Waals surface area (Å²) in [4.78, 5) is 2.33. The number of aromatic hydroxyl groups is 1. The van der Waals surface area contributed by atoms with Crippen molar-refractivity contribution in [1.29, 1.82) is 0 Å². The SMILES string of the molecule is Oc1ccccc1C(O)COc1ccc(N2CCNCC2)cc1. The van der Waals surface area contributed by atoms with Gasteiger partial charge in [-0.3, -0.25) is 0 Å². The topological polar surface area (TPSA) is 65.0 Å². The van der Waals surface area contributed by atoms with Crippen LogP contribution in [0.5, 0.6) is 11.5 Å². The summed E-state index contributed by atoms with van der Waals surface area (Å²) in [6.07, 6.45) is -0.857. The third-order valence-electron chi connectivity index (χ3n) is 4.02. The van der Waals surface area contributed by atoms with Crippen LogP contribution in [0.25, 0.3) is 0 Å². The minimum Gasteiger partial charge on any atom is -0.508 e. The first-order chi connectivity index (χ1) is 11.2. The highest BCUT2D eigenvalue weighted by Crippen LogP contribution is 2.25. The lowest BCUT2D eigenvalue weighted by Crippen LogP contribution is -2.43. The Kier molecular flexibility index (Phi) is 5.00. The van der Waals surface area contributed by atoms with E-state index in [1.807, 2.05) is 24.3 Å². The van der Waals surface area contributed by atoms with E-state index in [1.54, 1.807) is 24.3 Å². The quantitative estimate of drug-likeness (QED) is 0.787. The molecule has 0 radical (unpaired) electrons. The second kappa shape index (κ2) is 7.35. The molecule has 1 unspecified atom stereocenters. The molecule has 2 aromatic rings. The van der Waals surface area contributed by atoms with Crippen molar-refractivity contribution in [3.05, 3.63) is 54.1 Å². The lowest BCUT2D eigenvalue weighted by atomic mass is 10.1. The molecule has 1 atom stereocenters. The zero-order valence-corrected chi connectivity index (χ0v) is 13.0. The maximum Gasteiger partial charge on any atom is 0.121 e. The van der Waals surface area contributed by atoms with Crippen LogP contribution < -0.4 is 15.0 Å². The monoisotopic (exact) mass is 314 g/mol. The fourth-order valence-corrected chi connectivity index (χ4v) is 2.71. The van der Waals surface area contributed by atoms with Gasteiger partial charge in [-0.2, -0.15) is 0 Å². The molecular formula is C18H22N2O3. The number of phenolic OH excluding ortho intramolecular Hbond substituents is 1. The van der Waals surface area contributed by atoms with Crippen molar-refractivity contribution in [3.8, 4) is 11.5 Å². The maximum atomic E-state index is 10.1. The number of benzene rings is 2. The number of para-hydroxylation sites is 1. The number of rotatable bonds is 5. The van der Waals surface area contributed by atoms with E-state index < -0.39 is 6.10 Å². The van der Waals surface area contributed by atoms with E-state index in [-0.39, 0.29) is 12.4 Å². The van der Waals surface area contributed by atoms with E-state index in [1.165, 1.54) is 5.69 Å². The molecule has 1 fully saturated rings. The van der Waals surface area contributed by atoms with E-state index in [4.69, 9.17) is 4.74 Å². The van der Waals surface area contributed by atoms with Gasteiger partial charge in [0.1, 0.15) is 24.2 Å². The van der Waals surface area contributed by atoms with Gasteiger partial charge in [0.05, 0.1) is 0 Å². The van der Waals surface area contributed by atoms with Crippen LogP contribution in [-0.4, -0.2) is 43.0 Å². The predicted molar refractivity (Wildman–Crippen MR) is 90.1 cm³/mol. The van der Waals surface area contributed by atoms with Crippen LogP contribution in [0.2, 0.25) is 0 Å². The van der Waals surface area contributed by atoms with Gasteiger partial charge in [-0.1, -0.05) is 18.2 Å². The summed E-state index contributed by atoms with van der Waals surface area (Å²) in [6.45, 7) is 4.12. The van der Waals surface area contributed by atoms with Crippen molar-refractivity contribution in [1.82, 2.24) is 5.32 Å². The minimum absolute atomic E-state index is 0.0812. The molecule has 0 aliphatic carbocycles. The second-order valence-electron chi connectivity index (χ2n) is 5.62. The van der Waals surface area contributed by atoms with Crippen molar-refractivity contribution >= 4 is 5.69 Å². The van der Waals surface area contributed by atoms with E-state index in [9.17, 15) is 10.2 Å². The Morgan fingerprint density at radius 2 is 1.74 bits per heavy atom. The number of hydrogen-bond donors (Lipinski definition) is 3. The van der Waals surface area contributed by atoms with E-state index in [0.29, 0.717) is 11.3 Å². The zero-order chi connectivity index (χ0) is 16.1. The van der Waals surface area contributed by atoms with E-state index >= 15 is 0 Å².